The van der Waals surface area contributed by atoms with E-state index in [1.165, 1.54) is 12.0 Å². The number of hydrogen-bond acceptors (Lipinski definition) is 1. The first-order valence-electron chi connectivity index (χ1n) is 6.30. The van der Waals surface area contributed by atoms with Crippen LogP contribution in [-0.2, 0) is 18.3 Å². The van der Waals surface area contributed by atoms with Gasteiger partial charge in [0.1, 0.15) is 0 Å². The second kappa shape index (κ2) is 3.52. The second-order valence-electron chi connectivity index (χ2n) is 5.32. The smallest absolute Gasteiger partial charge is 0.260 e. The Morgan fingerprint density at radius 3 is 2.53 bits per heavy atom. The quantitative estimate of drug-likeness (QED) is 0.841. The minimum atomic E-state index is -2.60. The highest BCUT2D eigenvalue weighted by molar-refractivity contribution is 5.48. The number of rotatable bonds is 2. The number of benzene rings is 1. The lowest BCUT2D eigenvalue weighted by Gasteiger charge is -2.24. The summed E-state index contributed by atoms with van der Waals surface area (Å²) in [4.78, 5) is 0. The van der Waals surface area contributed by atoms with E-state index in [-0.39, 0.29) is 13.0 Å². The van der Waals surface area contributed by atoms with E-state index in [0.717, 1.165) is 30.4 Å². The predicted octanol–water partition coefficient (Wildman–Crippen LogP) is 2.80. The topological polar surface area (TPSA) is 26.0 Å². The molecule has 0 saturated heterocycles. The molecule has 2 aliphatic carbocycles. The zero-order valence-corrected chi connectivity index (χ0v) is 9.81. The monoisotopic (exact) mass is 237 g/mol. The predicted molar refractivity (Wildman–Crippen MR) is 63.4 cm³/mol. The summed E-state index contributed by atoms with van der Waals surface area (Å²) in [6.45, 7) is 0.0520. The molecule has 3 rings (SSSR count). The van der Waals surface area contributed by atoms with E-state index in [2.05, 4.69) is 6.07 Å². The maximum atomic E-state index is 13.6. The van der Waals surface area contributed by atoms with E-state index < -0.39 is 11.3 Å². The molecule has 0 aromatic heterocycles. The lowest BCUT2D eigenvalue weighted by molar-refractivity contribution is 0.0893. The number of hydrogen-bond donors (Lipinski definition) is 1. The lowest BCUT2D eigenvalue weighted by Crippen LogP contribution is -2.29. The second-order valence-corrected chi connectivity index (χ2v) is 5.32. The Morgan fingerprint density at radius 2 is 1.88 bits per heavy atom. The van der Waals surface area contributed by atoms with Gasteiger partial charge in [-0.1, -0.05) is 18.2 Å². The number of nitrogens with two attached hydrogens (primary N) is 1. The number of fused-ring (bicyclic) bond motifs is 1. The van der Waals surface area contributed by atoms with Crippen molar-refractivity contribution in [2.24, 2.45) is 5.73 Å². The average molecular weight is 237 g/mol. The highest BCUT2D eigenvalue weighted by Crippen LogP contribution is 2.61. The van der Waals surface area contributed by atoms with Gasteiger partial charge in [-0.25, -0.2) is 8.78 Å². The molecule has 1 unspecified atom stereocenters. The Kier molecular flexibility index (Phi) is 2.31. The van der Waals surface area contributed by atoms with Crippen LogP contribution < -0.4 is 5.73 Å². The van der Waals surface area contributed by atoms with Crippen LogP contribution in [0.5, 0.6) is 0 Å². The third-order valence-corrected chi connectivity index (χ3v) is 4.36. The van der Waals surface area contributed by atoms with E-state index in [0.29, 0.717) is 0 Å². The molecule has 0 bridgehead atoms. The molecule has 1 saturated carbocycles. The highest BCUT2D eigenvalue weighted by atomic mass is 19.3. The van der Waals surface area contributed by atoms with E-state index in [4.69, 9.17) is 5.73 Å². The van der Waals surface area contributed by atoms with Crippen molar-refractivity contribution in [3.63, 3.8) is 0 Å². The van der Waals surface area contributed by atoms with Crippen molar-refractivity contribution >= 4 is 0 Å². The van der Waals surface area contributed by atoms with Gasteiger partial charge < -0.3 is 5.73 Å². The summed E-state index contributed by atoms with van der Waals surface area (Å²) in [5, 5.41) is 0. The molecule has 1 nitrogen and oxygen atoms in total. The van der Waals surface area contributed by atoms with Crippen molar-refractivity contribution in [3.8, 4) is 0 Å². The van der Waals surface area contributed by atoms with Crippen LogP contribution in [0, 0.1) is 0 Å². The highest BCUT2D eigenvalue weighted by Gasteiger charge is 2.71. The van der Waals surface area contributed by atoms with Gasteiger partial charge in [-0.05, 0) is 42.4 Å². The molecule has 0 aliphatic heterocycles. The van der Waals surface area contributed by atoms with Crippen molar-refractivity contribution < 1.29 is 8.78 Å². The Labute approximate surface area is 100 Å². The molecule has 0 heterocycles. The molecule has 0 spiro atoms. The number of alkyl halides is 2. The minimum absolute atomic E-state index is 0.0520. The average Bonchev–Trinajstić information content (AvgIpc) is 2.92. The fraction of sp³-hybridized carbons (Fsp3) is 0.571. The Morgan fingerprint density at radius 1 is 1.18 bits per heavy atom. The van der Waals surface area contributed by atoms with Crippen LogP contribution in [0.3, 0.4) is 0 Å². The first kappa shape index (κ1) is 11.1. The number of halogens is 2. The maximum absolute atomic E-state index is 13.6. The van der Waals surface area contributed by atoms with Gasteiger partial charge in [-0.2, -0.15) is 0 Å². The molecular weight excluding hydrogens is 220 g/mol. The molecule has 1 aromatic rings. The van der Waals surface area contributed by atoms with Gasteiger partial charge in [0.25, 0.3) is 5.92 Å². The molecule has 3 heteroatoms. The fourth-order valence-electron chi connectivity index (χ4n) is 3.19. The van der Waals surface area contributed by atoms with E-state index in [9.17, 15) is 8.78 Å². The Hall–Kier alpha value is -0.960. The minimum Gasteiger partial charge on any atom is -0.329 e. The summed E-state index contributed by atoms with van der Waals surface area (Å²) >= 11 is 0. The standard InChI is InChI=1S/C14H17F2N/c15-14(16)8-13(14,9-17)12-7-3-5-10-4-1-2-6-11(10)12/h3,5,7H,1-2,4,6,8-9,17H2. The van der Waals surface area contributed by atoms with Crippen LogP contribution in [-0.4, -0.2) is 12.5 Å². The molecule has 2 aliphatic rings. The zero-order chi connectivity index (χ0) is 12.1. The first-order chi connectivity index (χ1) is 8.11. The summed E-state index contributed by atoms with van der Waals surface area (Å²) in [7, 11) is 0. The normalized spacial score (nSPS) is 29.8. The maximum Gasteiger partial charge on any atom is 0.260 e. The summed E-state index contributed by atoms with van der Waals surface area (Å²) in [6, 6.07) is 5.84. The van der Waals surface area contributed by atoms with E-state index >= 15 is 0 Å². The third-order valence-electron chi connectivity index (χ3n) is 4.36. The molecule has 17 heavy (non-hydrogen) atoms. The molecule has 2 N–H and O–H groups in total. The summed E-state index contributed by atoms with van der Waals surface area (Å²) in [6.07, 6.45) is 4.16. The van der Waals surface area contributed by atoms with Gasteiger partial charge in [-0.15, -0.1) is 0 Å². The van der Waals surface area contributed by atoms with Gasteiger partial charge in [-0.3, -0.25) is 0 Å². The largest absolute Gasteiger partial charge is 0.329 e. The first-order valence-corrected chi connectivity index (χ1v) is 6.30. The van der Waals surface area contributed by atoms with Crippen molar-refractivity contribution in [3.05, 3.63) is 34.9 Å². The van der Waals surface area contributed by atoms with Crippen LogP contribution in [0.1, 0.15) is 36.0 Å². The molecule has 0 radical (unpaired) electrons. The molecule has 1 fully saturated rings. The molecule has 0 amide bonds. The van der Waals surface area contributed by atoms with Crippen LogP contribution in [0.2, 0.25) is 0 Å². The summed E-state index contributed by atoms with van der Waals surface area (Å²) < 4.78 is 27.3. The van der Waals surface area contributed by atoms with Crippen LogP contribution in [0.4, 0.5) is 8.78 Å². The Bertz CT molecular complexity index is 456. The SMILES string of the molecule is NCC1(c2cccc3c2CCCC3)CC1(F)F. The van der Waals surface area contributed by atoms with Gasteiger partial charge in [0.15, 0.2) is 0 Å². The van der Waals surface area contributed by atoms with Crippen molar-refractivity contribution in [2.75, 3.05) is 6.54 Å². The van der Waals surface area contributed by atoms with E-state index in [1.54, 1.807) is 0 Å². The summed E-state index contributed by atoms with van der Waals surface area (Å²) in [5.41, 5.74) is 7.80. The van der Waals surface area contributed by atoms with Crippen molar-refractivity contribution in [1.29, 1.82) is 0 Å². The van der Waals surface area contributed by atoms with Crippen LogP contribution in [0.25, 0.3) is 0 Å². The lowest BCUT2D eigenvalue weighted by atomic mass is 9.82. The number of aryl methyl sites for hydroxylation is 1. The molecule has 1 atom stereocenters. The zero-order valence-electron chi connectivity index (χ0n) is 9.81. The van der Waals surface area contributed by atoms with Gasteiger partial charge in [0.2, 0.25) is 0 Å². The van der Waals surface area contributed by atoms with Gasteiger partial charge >= 0.3 is 0 Å². The van der Waals surface area contributed by atoms with Gasteiger partial charge in [0, 0.05) is 13.0 Å². The molecule has 92 valence electrons. The molecular formula is C14H17F2N. The Balaban J connectivity index is 2.10. The van der Waals surface area contributed by atoms with Crippen molar-refractivity contribution in [2.45, 2.75) is 43.4 Å². The van der Waals surface area contributed by atoms with Crippen molar-refractivity contribution in [1.82, 2.24) is 0 Å². The van der Waals surface area contributed by atoms with Gasteiger partial charge in [0.05, 0.1) is 5.41 Å². The summed E-state index contributed by atoms with van der Waals surface area (Å²) in [5.74, 6) is -2.60. The van der Waals surface area contributed by atoms with E-state index in [1.807, 2.05) is 12.1 Å². The molecule has 1 aromatic carbocycles. The third kappa shape index (κ3) is 1.45. The fourth-order valence-corrected chi connectivity index (χ4v) is 3.19. The van der Waals surface area contributed by atoms with Crippen LogP contribution >= 0.6 is 0 Å². The van der Waals surface area contributed by atoms with Crippen LogP contribution in [0.15, 0.2) is 18.2 Å².